The summed E-state index contributed by atoms with van der Waals surface area (Å²) in [6.07, 6.45) is 5.23. The number of aromatic nitrogens is 2. The summed E-state index contributed by atoms with van der Waals surface area (Å²) in [7, 11) is 1.81. The number of aryl methyl sites for hydroxylation is 1. The van der Waals surface area contributed by atoms with Gasteiger partial charge in [0.15, 0.2) is 0 Å². The Morgan fingerprint density at radius 1 is 1.43 bits per heavy atom. The third-order valence-electron chi connectivity index (χ3n) is 4.72. The summed E-state index contributed by atoms with van der Waals surface area (Å²) >= 11 is 0. The first-order valence-electron chi connectivity index (χ1n) is 7.65. The Kier molecular flexibility index (Phi) is 3.47. The summed E-state index contributed by atoms with van der Waals surface area (Å²) in [6, 6.07) is 1.75. The van der Waals surface area contributed by atoms with Crippen LogP contribution in [0.5, 0.6) is 0 Å². The lowest BCUT2D eigenvalue weighted by Gasteiger charge is -2.44. The second-order valence-electron chi connectivity index (χ2n) is 6.10. The zero-order valence-electron chi connectivity index (χ0n) is 12.7. The summed E-state index contributed by atoms with van der Waals surface area (Å²) in [5, 5.41) is 4.23. The topological polar surface area (TPSA) is 58.4 Å². The van der Waals surface area contributed by atoms with E-state index >= 15 is 0 Å². The van der Waals surface area contributed by atoms with Crippen LogP contribution in [0.3, 0.4) is 0 Å². The van der Waals surface area contributed by atoms with Crippen molar-refractivity contribution in [1.82, 2.24) is 19.6 Å². The van der Waals surface area contributed by atoms with Gasteiger partial charge in [-0.25, -0.2) is 0 Å². The predicted octanol–water partition coefficient (Wildman–Crippen LogP) is 1.04. The van der Waals surface area contributed by atoms with E-state index in [0.29, 0.717) is 25.2 Å². The fraction of sp³-hybridized carbons (Fsp3) is 0.667. The molecule has 1 atom stereocenters. The molecule has 2 aliphatic heterocycles. The van der Waals surface area contributed by atoms with Crippen LogP contribution in [0, 0.1) is 0 Å². The van der Waals surface area contributed by atoms with Crippen LogP contribution in [0.1, 0.15) is 43.1 Å². The number of nitrogens with zero attached hydrogens (tertiary/aromatic N) is 4. The van der Waals surface area contributed by atoms with Gasteiger partial charge in [-0.1, -0.05) is 0 Å². The molecule has 0 saturated carbocycles. The van der Waals surface area contributed by atoms with Crippen molar-refractivity contribution in [2.24, 2.45) is 7.05 Å². The number of piperidine rings is 1. The van der Waals surface area contributed by atoms with Gasteiger partial charge in [0.2, 0.25) is 5.91 Å². The third kappa shape index (κ3) is 2.32. The van der Waals surface area contributed by atoms with Crippen LogP contribution in [-0.4, -0.2) is 56.6 Å². The molecule has 3 rings (SSSR count). The van der Waals surface area contributed by atoms with Gasteiger partial charge in [0.05, 0.1) is 12.0 Å². The molecule has 6 heteroatoms. The van der Waals surface area contributed by atoms with Crippen molar-refractivity contribution in [3.8, 4) is 0 Å². The van der Waals surface area contributed by atoms with Crippen LogP contribution in [0.15, 0.2) is 12.3 Å². The van der Waals surface area contributed by atoms with E-state index < -0.39 is 0 Å². The van der Waals surface area contributed by atoms with Gasteiger partial charge < -0.3 is 9.80 Å². The van der Waals surface area contributed by atoms with Crippen LogP contribution < -0.4 is 0 Å². The molecule has 114 valence electrons. The summed E-state index contributed by atoms with van der Waals surface area (Å²) < 4.78 is 1.64. The minimum Gasteiger partial charge on any atom is -0.341 e. The van der Waals surface area contributed by atoms with E-state index in [1.807, 2.05) is 16.7 Å². The molecular weight excluding hydrogens is 268 g/mol. The SMILES string of the molecule is CCN1C[C@@]2(CCCCN2C(=O)c2ccn(C)n2)CC1=O. The molecule has 0 unspecified atom stereocenters. The lowest BCUT2D eigenvalue weighted by atomic mass is 9.85. The summed E-state index contributed by atoms with van der Waals surface area (Å²) in [5.74, 6) is 0.124. The average Bonchev–Trinajstić information content (AvgIpc) is 3.03. The van der Waals surface area contributed by atoms with Crippen LogP contribution >= 0.6 is 0 Å². The highest BCUT2D eigenvalue weighted by Crippen LogP contribution is 2.37. The van der Waals surface area contributed by atoms with E-state index in [1.165, 1.54) is 0 Å². The number of carbonyl (C=O) groups excluding carboxylic acids is 2. The van der Waals surface area contributed by atoms with E-state index in [2.05, 4.69) is 5.10 Å². The van der Waals surface area contributed by atoms with Crippen LogP contribution in [0.2, 0.25) is 0 Å². The normalized spacial score (nSPS) is 25.9. The monoisotopic (exact) mass is 290 g/mol. The molecule has 2 fully saturated rings. The van der Waals surface area contributed by atoms with Gasteiger partial charge in [-0.05, 0) is 32.3 Å². The van der Waals surface area contributed by atoms with Gasteiger partial charge in [0.1, 0.15) is 5.69 Å². The standard InChI is InChI=1S/C15H22N4O2/c1-3-18-11-15(10-13(18)20)7-4-5-8-19(15)14(21)12-6-9-17(2)16-12/h6,9H,3-5,7-8,10-11H2,1-2H3/t15-/m1/s1. The summed E-state index contributed by atoms with van der Waals surface area (Å²) in [5.41, 5.74) is 0.154. The Labute approximate surface area is 124 Å². The highest BCUT2D eigenvalue weighted by Gasteiger charge is 2.49. The molecule has 3 heterocycles. The number of amides is 2. The first kappa shape index (κ1) is 14.1. The van der Waals surface area contributed by atoms with Gasteiger partial charge >= 0.3 is 0 Å². The molecule has 1 aromatic heterocycles. The lowest BCUT2D eigenvalue weighted by molar-refractivity contribution is -0.127. The van der Waals surface area contributed by atoms with Gasteiger partial charge in [-0.15, -0.1) is 0 Å². The lowest BCUT2D eigenvalue weighted by Crippen LogP contribution is -2.56. The minimum absolute atomic E-state index is 0.0407. The second-order valence-corrected chi connectivity index (χ2v) is 6.10. The molecule has 0 aliphatic carbocycles. The van der Waals surface area contributed by atoms with Crippen LogP contribution in [0.25, 0.3) is 0 Å². The number of carbonyl (C=O) groups is 2. The fourth-order valence-corrected chi connectivity index (χ4v) is 3.61. The number of hydrogen-bond acceptors (Lipinski definition) is 3. The maximum Gasteiger partial charge on any atom is 0.274 e. The van der Waals surface area contributed by atoms with Crippen molar-refractivity contribution in [2.45, 2.75) is 38.1 Å². The molecule has 1 spiro atoms. The molecule has 2 aliphatic rings. The van der Waals surface area contributed by atoms with Crippen molar-refractivity contribution >= 4 is 11.8 Å². The predicted molar refractivity (Wildman–Crippen MR) is 77.7 cm³/mol. The van der Waals surface area contributed by atoms with Gasteiger partial charge in [-0.3, -0.25) is 14.3 Å². The summed E-state index contributed by atoms with van der Waals surface area (Å²) in [6.45, 7) is 4.10. The molecule has 0 N–H and O–H groups in total. The first-order chi connectivity index (χ1) is 10.1. The Morgan fingerprint density at radius 2 is 2.24 bits per heavy atom. The van der Waals surface area contributed by atoms with Gasteiger partial charge in [-0.2, -0.15) is 5.10 Å². The largest absolute Gasteiger partial charge is 0.341 e. The molecule has 2 amide bonds. The number of rotatable bonds is 2. The maximum absolute atomic E-state index is 12.8. The number of likely N-dealkylation sites (tertiary alicyclic amines) is 2. The molecular formula is C15H22N4O2. The summed E-state index contributed by atoms with van der Waals surface area (Å²) in [4.78, 5) is 28.7. The Bertz CT molecular complexity index is 568. The Balaban J connectivity index is 1.88. The molecule has 2 saturated heterocycles. The third-order valence-corrected chi connectivity index (χ3v) is 4.72. The Morgan fingerprint density at radius 3 is 2.86 bits per heavy atom. The highest BCUT2D eigenvalue weighted by atomic mass is 16.2. The van der Waals surface area contributed by atoms with Crippen LogP contribution in [0.4, 0.5) is 0 Å². The quantitative estimate of drug-likeness (QED) is 0.817. The highest BCUT2D eigenvalue weighted by molar-refractivity contribution is 5.94. The fourth-order valence-electron chi connectivity index (χ4n) is 3.61. The molecule has 0 aromatic carbocycles. The van der Waals surface area contributed by atoms with Gasteiger partial charge in [0.25, 0.3) is 5.91 Å². The second kappa shape index (κ2) is 5.16. The van der Waals surface area contributed by atoms with E-state index in [4.69, 9.17) is 0 Å². The van der Waals surface area contributed by atoms with E-state index in [9.17, 15) is 9.59 Å². The molecule has 21 heavy (non-hydrogen) atoms. The first-order valence-corrected chi connectivity index (χ1v) is 7.65. The van der Waals surface area contributed by atoms with Crippen molar-refractivity contribution in [1.29, 1.82) is 0 Å². The number of likely N-dealkylation sites (N-methyl/N-ethyl adjacent to an activating group) is 1. The van der Waals surface area contributed by atoms with Gasteiger partial charge in [0, 0.05) is 32.9 Å². The molecule has 6 nitrogen and oxygen atoms in total. The average molecular weight is 290 g/mol. The van der Waals surface area contributed by atoms with Crippen molar-refractivity contribution < 1.29 is 9.59 Å². The van der Waals surface area contributed by atoms with Crippen molar-refractivity contribution in [3.05, 3.63) is 18.0 Å². The van der Waals surface area contributed by atoms with E-state index in [-0.39, 0.29) is 17.4 Å². The van der Waals surface area contributed by atoms with Crippen LogP contribution in [-0.2, 0) is 11.8 Å². The molecule has 0 radical (unpaired) electrons. The van der Waals surface area contributed by atoms with Crippen molar-refractivity contribution in [2.75, 3.05) is 19.6 Å². The smallest absolute Gasteiger partial charge is 0.274 e. The minimum atomic E-state index is -0.319. The zero-order chi connectivity index (χ0) is 15.0. The Hall–Kier alpha value is -1.85. The molecule has 0 bridgehead atoms. The molecule has 1 aromatic rings. The zero-order valence-corrected chi connectivity index (χ0v) is 12.7. The number of hydrogen-bond donors (Lipinski definition) is 0. The maximum atomic E-state index is 12.8. The van der Waals surface area contributed by atoms with E-state index in [0.717, 1.165) is 25.8 Å². The van der Waals surface area contributed by atoms with E-state index in [1.54, 1.807) is 24.0 Å². The van der Waals surface area contributed by atoms with Crippen molar-refractivity contribution in [3.63, 3.8) is 0 Å².